The van der Waals surface area contributed by atoms with E-state index in [9.17, 15) is 10.1 Å². The first-order valence-electron chi connectivity index (χ1n) is 7.16. The van der Waals surface area contributed by atoms with Crippen LogP contribution in [0, 0.1) is 10.1 Å². The van der Waals surface area contributed by atoms with Gasteiger partial charge in [-0.3, -0.25) is 15.5 Å². The van der Waals surface area contributed by atoms with E-state index in [1.807, 2.05) is 20.8 Å². The van der Waals surface area contributed by atoms with Crippen LogP contribution in [-0.2, 0) is 0 Å². The Morgan fingerprint density at radius 1 is 1.24 bits per heavy atom. The molecule has 0 aromatic carbocycles. The topological polar surface area (TPSA) is 105 Å². The van der Waals surface area contributed by atoms with Crippen LogP contribution < -0.4 is 16.2 Å². The molecule has 8 heteroatoms. The van der Waals surface area contributed by atoms with Crippen LogP contribution in [0.1, 0.15) is 46.5 Å². The summed E-state index contributed by atoms with van der Waals surface area (Å²) in [4.78, 5) is 18.9. The van der Waals surface area contributed by atoms with Crippen molar-refractivity contribution in [3.63, 3.8) is 0 Å². The number of nitrogens with one attached hydrogen (secondary N) is 3. The molecule has 1 saturated carbocycles. The monoisotopic (exact) mass is 294 g/mol. The third kappa shape index (κ3) is 4.25. The molecule has 1 aromatic rings. The van der Waals surface area contributed by atoms with E-state index in [0.29, 0.717) is 0 Å². The van der Waals surface area contributed by atoms with Gasteiger partial charge in [-0.15, -0.1) is 0 Å². The standard InChI is InChI=1S/C13H22N6O2/c1-13(2,3)18-17-12-10(19(20)21)11(14-8-15-12)16-9-6-4-5-7-9/h8-9,18H,4-7H2,1-3H3,(H2,14,15,16,17). The SMILES string of the molecule is CC(C)(C)NNc1ncnc(NC2CCCC2)c1[N+](=O)[O-]. The van der Waals surface area contributed by atoms with Crippen LogP contribution in [0.15, 0.2) is 6.33 Å². The summed E-state index contributed by atoms with van der Waals surface area (Å²) >= 11 is 0. The van der Waals surface area contributed by atoms with E-state index in [1.54, 1.807) is 0 Å². The summed E-state index contributed by atoms with van der Waals surface area (Å²) in [6, 6.07) is 0.252. The minimum atomic E-state index is -0.454. The number of hydrogen-bond donors (Lipinski definition) is 3. The molecule has 1 heterocycles. The fourth-order valence-corrected chi connectivity index (χ4v) is 2.26. The largest absolute Gasteiger partial charge is 0.361 e. The average Bonchev–Trinajstić information content (AvgIpc) is 2.88. The average molecular weight is 294 g/mol. The van der Waals surface area contributed by atoms with Crippen molar-refractivity contribution in [2.45, 2.75) is 58.0 Å². The molecule has 0 radical (unpaired) electrons. The Kier molecular flexibility index (Phi) is 4.56. The molecule has 0 aliphatic heterocycles. The number of nitro groups is 1. The molecule has 1 aromatic heterocycles. The van der Waals surface area contributed by atoms with Gasteiger partial charge in [-0.1, -0.05) is 12.8 Å². The fraction of sp³-hybridized carbons (Fsp3) is 0.692. The highest BCUT2D eigenvalue weighted by Gasteiger charge is 2.26. The van der Waals surface area contributed by atoms with Crippen molar-refractivity contribution in [2.75, 3.05) is 10.7 Å². The van der Waals surface area contributed by atoms with Gasteiger partial charge >= 0.3 is 5.69 Å². The molecule has 1 aliphatic rings. The van der Waals surface area contributed by atoms with Gasteiger partial charge in [-0.2, -0.15) is 0 Å². The number of anilines is 2. The highest BCUT2D eigenvalue weighted by molar-refractivity contribution is 5.69. The Morgan fingerprint density at radius 3 is 2.43 bits per heavy atom. The van der Waals surface area contributed by atoms with Gasteiger partial charge in [0, 0.05) is 11.6 Å². The summed E-state index contributed by atoms with van der Waals surface area (Å²) in [6.45, 7) is 5.85. The molecule has 2 rings (SSSR count). The molecular formula is C13H22N6O2. The predicted octanol–water partition coefficient (Wildman–Crippen LogP) is 2.45. The first kappa shape index (κ1) is 15.4. The second-order valence-electron chi connectivity index (χ2n) is 6.30. The van der Waals surface area contributed by atoms with Crippen molar-refractivity contribution < 1.29 is 4.92 Å². The van der Waals surface area contributed by atoms with Gasteiger partial charge in [-0.05, 0) is 33.6 Å². The van der Waals surface area contributed by atoms with Gasteiger partial charge < -0.3 is 5.32 Å². The quantitative estimate of drug-likeness (QED) is 0.566. The van der Waals surface area contributed by atoms with E-state index >= 15 is 0 Å². The Morgan fingerprint density at radius 2 is 1.86 bits per heavy atom. The molecule has 8 nitrogen and oxygen atoms in total. The fourth-order valence-electron chi connectivity index (χ4n) is 2.26. The van der Waals surface area contributed by atoms with Crippen molar-refractivity contribution >= 4 is 17.3 Å². The lowest BCUT2D eigenvalue weighted by atomic mass is 10.1. The number of hydrogen-bond acceptors (Lipinski definition) is 7. The van der Waals surface area contributed by atoms with Crippen molar-refractivity contribution in [2.24, 2.45) is 0 Å². The third-order valence-corrected chi connectivity index (χ3v) is 3.26. The van der Waals surface area contributed by atoms with Gasteiger partial charge in [0.25, 0.3) is 0 Å². The minimum absolute atomic E-state index is 0.124. The molecule has 0 amide bonds. The number of aromatic nitrogens is 2. The molecule has 116 valence electrons. The maximum absolute atomic E-state index is 11.4. The van der Waals surface area contributed by atoms with Gasteiger partial charge in [0.05, 0.1) is 4.92 Å². The zero-order valence-electron chi connectivity index (χ0n) is 12.6. The molecule has 1 aliphatic carbocycles. The second-order valence-corrected chi connectivity index (χ2v) is 6.30. The summed E-state index contributed by atoms with van der Waals surface area (Å²) in [6.07, 6.45) is 5.66. The smallest absolute Gasteiger partial charge is 0.354 e. The van der Waals surface area contributed by atoms with Crippen LogP contribution in [0.25, 0.3) is 0 Å². The Labute approximate surface area is 123 Å². The minimum Gasteiger partial charge on any atom is -0.361 e. The Hall–Kier alpha value is -1.96. The zero-order valence-corrected chi connectivity index (χ0v) is 12.6. The molecule has 0 spiro atoms. The van der Waals surface area contributed by atoms with Gasteiger partial charge in [0.2, 0.25) is 11.6 Å². The molecule has 3 N–H and O–H groups in total. The van der Waals surface area contributed by atoms with E-state index in [4.69, 9.17) is 0 Å². The molecule has 0 unspecified atom stereocenters. The van der Waals surface area contributed by atoms with Crippen molar-refractivity contribution in [1.82, 2.24) is 15.4 Å². The summed E-state index contributed by atoms with van der Waals surface area (Å²) in [5.41, 5.74) is 5.44. The highest BCUT2D eigenvalue weighted by Crippen LogP contribution is 2.31. The van der Waals surface area contributed by atoms with Crippen molar-refractivity contribution in [3.05, 3.63) is 16.4 Å². The molecule has 0 saturated heterocycles. The second kappa shape index (κ2) is 6.21. The maximum atomic E-state index is 11.4. The van der Waals surface area contributed by atoms with E-state index < -0.39 is 4.92 Å². The zero-order chi connectivity index (χ0) is 15.5. The lowest BCUT2D eigenvalue weighted by Crippen LogP contribution is -2.40. The van der Waals surface area contributed by atoms with E-state index in [1.165, 1.54) is 6.33 Å². The third-order valence-electron chi connectivity index (χ3n) is 3.26. The molecular weight excluding hydrogens is 272 g/mol. The van der Waals surface area contributed by atoms with Gasteiger partial charge in [-0.25, -0.2) is 15.4 Å². The molecule has 1 fully saturated rings. The van der Waals surface area contributed by atoms with Crippen molar-refractivity contribution in [3.8, 4) is 0 Å². The normalized spacial score (nSPS) is 16.0. The predicted molar refractivity (Wildman–Crippen MR) is 81.1 cm³/mol. The molecule has 21 heavy (non-hydrogen) atoms. The summed E-state index contributed by atoms with van der Waals surface area (Å²) < 4.78 is 0. The van der Waals surface area contributed by atoms with Crippen LogP contribution in [-0.4, -0.2) is 26.5 Å². The van der Waals surface area contributed by atoms with Gasteiger partial charge in [0.15, 0.2) is 0 Å². The van der Waals surface area contributed by atoms with Crippen LogP contribution in [0.4, 0.5) is 17.3 Å². The van der Waals surface area contributed by atoms with Crippen LogP contribution in [0.2, 0.25) is 0 Å². The van der Waals surface area contributed by atoms with Crippen molar-refractivity contribution in [1.29, 1.82) is 0 Å². The lowest BCUT2D eigenvalue weighted by Gasteiger charge is -2.21. The highest BCUT2D eigenvalue weighted by atomic mass is 16.6. The van der Waals surface area contributed by atoms with Gasteiger partial charge in [0.1, 0.15) is 6.33 Å². The first-order valence-corrected chi connectivity index (χ1v) is 7.16. The molecule has 0 bridgehead atoms. The lowest BCUT2D eigenvalue weighted by molar-refractivity contribution is -0.383. The number of nitrogens with zero attached hydrogens (tertiary/aromatic N) is 3. The summed E-state index contributed by atoms with van der Waals surface area (Å²) in [5.74, 6) is 0.450. The maximum Gasteiger partial charge on any atom is 0.354 e. The van der Waals surface area contributed by atoms with Crippen LogP contribution in [0.5, 0.6) is 0 Å². The van der Waals surface area contributed by atoms with Crippen LogP contribution in [0.3, 0.4) is 0 Å². The van der Waals surface area contributed by atoms with Crippen LogP contribution >= 0.6 is 0 Å². The first-order chi connectivity index (χ1) is 9.87. The molecule has 0 atom stereocenters. The summed E-state index contributed by atoms with van der Waals surface area (Å²) in [7, 11) is 0. The Bertz CT molecular complexity index is 508. The number of hydrazine groups is 1. The number of rotatable bonds is 5. The van der Waals surface area contributed by atoms with E-state index in [0.717, 1.165) is 25.7 Å². The summed E-state index contributed by atoms with van der Waals surface area (Å²) in [5, 5.41) is 14.5. The Balaban J connectivity index is 2.21. The van der Waals surface area contributed by atoms with E-state index in [-0.39, 0.29) is 28.9 Å². The van der Waals surface area contributed by atoms with E-state index in [2.05, 4.69) is 26.1 Å².